The Kier molecular flexibility index (Phi) is 6.85. The van der Waals surface area contributed by atoms with Gasteiger partial charge in [-0.1, -0.05) is 44.2 Å². The molecule has 2 N–H and O–H groups in total. The summed E-state index contributed by atoms with van der Waals surface area (Å²) in [6.07, 6.45) is 0. The minimum Gasteiger partial charge on any atom is -0.484 e. The Morgan fingerprint density at radius 1 is 1.16 bits per heavy atom. The van der Waals surface area contributed by atoms with E-state index >= 15 is 0 Å². The number of rotatable bonds is 6. The molecule has 0 atom stereocenters. The third kappa shape index (κ3) is 5.21. The second-order valence-corrected chi connectivity index (χ2v) is 6.50. The average Bonchev–Trinajstić information content (AvgIpc) is 3.06. The topological polar surface area (TPSA) is 50.4 Å². The van der Waals surface area contributed by atoms with Gasteiger partial charge in [0.1, 0.15) is 5.75 Å². The monoisotopic (exact) mass is 360 g/mol. The van der Waals surface area contributed by atoms with Gasteiger partial charge in [0.05, 0.1) is 0 Å². The summed E-state index contributed by atoms with van der Waals surface area (Å²) in [5.41, 5.74) is 4.99. The van der Waals surface area contributed by atoms with Crippen LogP contribution in [0.4, 0.5) is 0 Å². The van der Waals surface area contributed by atoms with Gasteiger partial charge in [0.2, 0.25) is 0 Å². The van der Waals surface area contributed by atoms with E-state index in [0.29, 0.717) is 12.5 Å². The zero-order valence-corrected chi connectivity index (χ0v) is 15.5. The van der Waals surface area contributed by atoms with Crippen LogP contribution < -0.4 is 15.4 Å². The Morgan fingerprint density at radius 3 is 2.76 bits per heavy atom. The number of carbonyl (C=O) groups is 1. The van der Waals surface area contributed by atoms with Crippen molar-refractivity contribution < 1.29 is 9.53 Å². The van der Waals surface area contributed by atoms with Gasteiger partial charge in [-0.3, -0.25) is 4.79 Å². The first-order valence-corrected chi connectivity index (χ1v) is 8.42. The molecule has 1 amide bonds. The number of amides is 1. The number of halogens is 1. The van der Waals surface area contributed by atoms with Crippen molar-refractivity contribution in [2.24, 2.45) is 0 Å². The molecule has 2 aromatic rings. The zero-order chi connectivity index (χ0) is 16.9. The van der Waals surface area contributed by atoms with Crippen LogP contribution >= 0.6 is 12.4 Å². The number of hydrogen-bond acceptors (Lipinski definition) is 3. The van der Waals surface area contributed by atoms with Gasteiger partial charge in [0.15, 0.2) is 6.61 Å². The van der Waals surface area contributed by atoms with Gasteiger partial charge in [-0.25, -0.2) is 0 Å². The fourth-order valence-corrected chi connectivity index (χ4v) is 2.82. The highest BCUT2D eigenvalue weighted by atomic mass is 35.5. The van der Waals surface area contributed by atoms with Crippen molar-refractivity contribution in [1.29, 1.82) is 0 Å². The first-order chi connectivity index (χ1) is 11.6. The Labute approximate surface area is 155 Å². The fourth-order valence-electron chi connectivity index (χ4n) is 2.82. The van der Waals surface area contributed by atoms with Gasteiger partial charge < -0.3 is 15.4 Å². The van der Waals surface area contributed by atoms with Gasteiger partial charge in [-0.05, 0) is 40.3 Å². The molecular formula is C20H25ClN2O2. The maximum Gasteiger partial charge on any atom is 0.258 e. The largest absolute Gasteiger partial charge is 0.484 e. The molecule has 4 nitrogen and oxygen atoms in total. The Morgan fingerprint density at radius 2 is 1.96 bits per heavy atom. The molecule has 134 valence electrons. The lowest BCUT2D eigenvalue weighted by molar-refractivity contribution is -0.123. The summed E-state index contributed by atoms with van der Waals surface area (Å²) in [6.45, 7) is 6.68. The molecule has 0 fully saturated rings. The van der Waals surface area contributed by atoms with E-state index in [9.17, 15) is 4.79 Å². The molecule has 0 radical (unpaired) electrons. The van der Waals surface area contributed by atoms with E-state index in [0.717, 1.165) is 24.4 Å². The SMILES string of the molecule is CC(C)c1cccc(OCC(=O)NCc2ccc3c(c2)CNC3)c1.Cl. The molecule has 0 bridgehead atoms. The molecular weight excluding hydrogens is 336 g/mol. The number of ether oxygens (including phenoxy) is 1. The first-order valence-electron chi connectivity index (χ1n) is 8.42. The van der Waals surface area contributed by atoms with Crippen molar-refractivity contribution in [3.63, 3.8) is 0 Å². The highest BCUT2D eigenvalue weighted by molar-refractivity contribution is 5.85. The average molecular weight is 361 g/mol. The third-order valence-electron chi connectivity index (χ3n) is 4.29. The quantitative estimate of drug-likeness (QED) is 0.828. The minimum absolute atomic E-state index is 0. The number of hydrogen-bond donors (Lipinski definition) is 2. The van der Waals surface area contributed by atoms with E-state index in [2.05, 4.69) is 48.7 Å². The van der Waals surface area contributed by atoms with Crippen molar-refractivity contribution in [3.8, 4) is 5.75 Å². The van der Waals surface area contributed by atoms with Crippen molar-refractivity contribution in [1.82, 2.24) is 10.6 Å². The molecule has 0 saturated carbocycles. The van der Waals surface area contributed by atoms with Crippen LogP contribution in [0.2, 0.25) is 0 Å². The lowest BCUT2D eigenvalue weighted by atomic mass is 10.0. The molecule has 0 saturated heterocycles. The summed E-state index contributed by atoms with van der Waals surface area (Å²) in [4.78, 5) is 12.0. The van der Waals surface area contributed by atoms with E-state index in [1.165, 1.54) is 16.7 Å². The molecule has 1 aliphatic heterocycles. The summed E-state index contributed by atoms with van der Waals surface area (Å²) in [5.74, 6) is 1.07. The predicted molar refractivity (Wildman–Crippen MR) is 102 cm³/mol. The van der Waals surface area contributed by atoms with E-state index in [4.69, 9.17) is 4.74 Å². The fraction of sp³-hybridized carbons (Fsp3) is 0.350. The van der Waals surface area contributed by atoms with Crippen molar-refractivity contribution in [2.45, 2.75) is 39.4 Å². The van der Waals surface area contributed by atoms with Crippen LogP contribution in [-0.4, -0.2) is 12.5 Å². The van der Waals surface area contributed by atoms with Gasteiger partial charge in [-0.15, -0.1) is 12.4 Å². The van der Waals surface area contributed by atoms with Crippen LogP contribution in [0.1, 0.15) is 42.0 Å². The molecule has 1 heterocycles. The van der Waals surface area contributed by atoms with Crippen molar-refractivity contribution >= 4 is 18.3 Å². The van der Waals surface area contributed by atoms with Gasteiger partial charge in [0, 0.05) is 19.6 Å². The number of benzene rings is 2. The summed E-state index contributed by atoms with van der Waals surface area (Å²) >= 11 is 0. The molecule has 5 heteroatoms. The van der Waals surface area contributed by atoms with Crippen molar-refractivity contribution in [3.05, 3.63) is 64.7 Å². The smallest absolute Gasteiger partial charge is 0.258 e. The Balaban J connectivity index is 0.00000225. The van der Waals surface area contributed by atoms with Crippen molar-refractivity contribution in [2.75, 3.05) is 6.61 Å². The summed E-state index contributed by atoms with van der Waals surface area (Å²) < 4.78 is 5.60. The predicted octanol–water partition coefficient (Wildman–Crippen LogP) is 3.53. The molecule has 0 unspecified atom stereocenters. The maximum absolute atomic E-state index is 12.0. The zero-order valence-electron chi connectivity index (χ0n) is 14.7. The number of fused-ring (bicyclic) bond motifs is 1. The summed E-state index contributed by atoms with van der Waals surface area (Å²) in [7, 11) is 0. The normalized spacial score (nSPS) is 12.4. The lowest BCUT2D eigenvalue weighted by Gasteiger charge is -2.11. The highest BCUT2D eigenvalue weighted by Gasteiger charge is 2.10. The minimum atomic E-state index is -0.108. The van der Waals surface area contributed by atoms with Crippen LogP contribution in [0.5, 0.6) is 5.75 Å². The highest BCUT2D eigenvalue weighted by Crippen LogP contribution is 2.20. The van der Waals surface area contributed by atoms with Gasteiger partial charge in [-0.2, -0.15) is 0 Å². The number of nitrogens with one attached hydrogen (secondary N) is 2. The summed E-state index contributed by atoms with van der Waals surface area (Å²) in [5, 5.41) is 6.24. The van der Waals surface area contributed by atoms with Crippen LogP contribution in [-0.2, 0) is 24.4 Å². The number of carbonyl (C=O) groups excluding carboxylic acids is 1. The van der Waals surface area contributed by atoms with Gasteiger partial charge >= 0.3 is 0 Å². The van der Waals surface area contributed by atoms with E-state index in [1.807, 2.05) is 18.2 Å². The molecule has 3 rings (SSSR count). The molecule has 25 heavy (non-hydrogen) atoms. The molecule has 0 aromatic heterocycles. The van der Waals surface area contributed by atoms with E-state index < -0.39 is 0 Å². The van der Waals surface area contributed by atoms with Crippen LogP contribution in [0, 0.1) is 0 Å². The van der Waals surface area contributed by atoms with E-state index in [-0.39, 0.29) is 24.9 Å². The Bertz CT molecular complexity index is 731. The van der Waals surface area contributed by atoms with Gasteiger partial charge in [0.25, 0.3) is 5.91 Å². The molecule has 2 aromatic carbocycles. The second-order valence-electron chi connectivity index (χ2n) is 6.50. The van der Waals surface area contributed by atoms with E-state index in [1.54, 1.807) is 0 Å². The molecule has 0 aliphatic carbocycles. The Hall–Kier alpha value is -2.04. The standard InChI is InChI=1S/C20H24N2O2.ClH/c1-14(2)16-4-3-5-19(9-16)24-13-20(23)22-10-15-6-7-17-11-21-12-18(17)8-15;/h3-9,14,21H,10-13H2,1-2H3,(H,22,23);1H. The molecule has 0 spiro atoms. The lowest BCUT2D eigenvalue weighted by Crippen LogP contribution is -2.28. The third-order valence-corrected chi connectivity index (χ3v) is 4.29. The molecule has 1 aliphatic rings. The summed E-state index contributed by atoms with van der Waals surface area (Å²) in [6, 6.07) is 14.3. The first kappa shape index (κ1) is 19.3. The maximum atomic E-state index is 12.0. The van der Waals surface area contributed by atoms with Crippen LogP contribution in [0.3, 0.4) is 0 Å². The second kappa shape index (κ2) is 8.88. The van der Waals surface area contributed by atoms with Crippen LogP contribution in [0.15, 0.2) is 42.5 Å². The van der Waals surface area contributed by atoms with Crippen LogP contribution in [0.25, 0.3) is 0 Å².